The summed E-state index contributed by atoms with van der Waals surface area (Å²) in [5.74, 6) is 4.70. The summed E-state index contributed by atoms with van der Waals surface area (Å²) < 4.78 is 0. The Bertz CT molecular complexity index is 499. The van der Waals surface area contributed by atoms with E-state index < -0.39 is 14.9 Å². The fraction of sp³-hybridized carbons (Fsp3) is 1.00. The molecular weight excluding hydrogens is 505 g/mol. The molecule has 0 amide bonds. The van der Waals surface area contributed by atoms with Crippen LogP contribution in [0.15, 0.2) is 0 Å². The monoisotopic (exact) mass is 577 g/mol. The Kier molecular flexibility index (Phi) is 33.6. The molecule has 0 aromatic rings. The smallest absolute Gasteiger partial charge is 0.181 e. The third kappa shape index (κ3) is 24.0. The summed E-state index contributed by atoms with van der Waals surface area (Å²) in [5, 5.41) is 0. The topological polar surface area (TPSA) is 145 Å². The van der Waals surface area contributed by atoms with Crippen LogP contribution < -0.4 is 18.5 Å². The highest BCUT2D eigenvalue weighted by atomic mass is 32.9. The second kappa shape index (κ2) is 27.5. The molecule has 36 heavy (non-hydrogen) atoms. The van der Waals surface area contributed by atoms with Gasteiger partial charge in [0.1, 0.15) is 0 Å². The molecule has 0 aliphatic carbocycles. The molecule has 8 heteroatoms. The lowest BCUT2D eigenvalue weighted by Crippen LogP contribution is -2.26. The van der Waals surface area contributed by atoms with Crippen molar-refractivity contribution < 1.29 is 9.79 Å². The first kappa shape index (κ1) is 44.0. The summed E-state index contributed by atoms with van der Waals surface area (Å²) in [5.41, 5.74) is -3.06. The zero-order valence-corrected chi connectivity index (χ0v) is 28.0. The van der Waals surface area contributed by atoms with E-state index in [1.807, 2.05) is 0 Å². The lowest BCUT2D eigenvalue weighted by Gasteiger charge is -2.36. The molecule has 0 rings (SSSR count). The summed E-state index contributed by atoms with van der Waals surface area (Å²) in [6, 6.07) is 0. The average molecular weight is 578 g/mol. The van der Waals surface area contributed by atoms with Crippen LogP contribution in [-0.4, -0.2) is 27.0 Å². The molecule has 0 heterocycles. The molecule has 11 N–H and O–H groups in total. The molecule has 0 fully saturated rings. The van der Waals surface area contributed by atoms with E-state index in [4.69, 9.17) is 0 Å². The molecule has 0 unspecified atom stereocenters. The lowest BCUT2D eigenvalue weighted by molar-refractivity contribution is 0.500. The van der Waals surface area contributed by atoms with Gasteiger partial charge in [0.25, 0.3) is 0 Å². The zero-order valence-electron chi connectivity index (χ0n) is 25.4. The Labute approximate surface area is 234 Å². The van der Waals surface area contributed by atoms with E-state index in [-0.39, 0.29) is 18.5 Å². The minimum atomic E-state index is -3.06. The first-order chi connectivity index (χ1) is 15.6. The van der Waals surface area contributed by atoms with Gasteiger partial charge in [-0.25, -0.2) is 9.21 Å². The minimum absolute atomic E-state index is 0. The Balaban J connectivity index is -0.00000171. The summed E-state index contributed by atoms with van der Waals surface area (Å²) >= 11 is 4.52. The van der Waals surface area contributed by atoms with Crippen LogP contribution >= 0.6 is 17.9 Å². The first-order valence-electron chi connectivity index (χ1n) is 14.6. The van der Waals surface area contributed by atoms with Gasteiger partial charge in [-0.1, -0.05) is 143 Å². The van der Waals surface area contributed by atoms with Crippen LogP contribution in [0.2, 0.25) is 0 Å². The van der Waals surface area contributed by atoms with Gasteiger partial charge in [-0.15, -0.1) is 0 Å². The van der Waals surface area contributed by atoms with Crippen LogP contribution in [0.5, 0.6) is 0 Å². The molecular formula is C28H72N3O2PS2. The van der Waals surface area contributed by atoms with Crippen molar-refractivity contribution in [1.29, 1.82) is 0 Å². The molecule has 0 radical (unpaired) electrons. The molecule has 0 aromatic heterocycles. The number of hydrogen-bond donors (Lipinski definition) is 7. The normalized spacial score (nSPS) is 12.3. The van der Waals surface area contributed by atoms with Crippen LogP contribution in [-0.2, 0) is 9.21 Å². The number of hydrogen-bond acceptors (Lipinski definition) is 3. The highest BCUT2D eigenvalue weighted by Gasteiger charge is 2.23. The van der Waals surface area contributed by atoms with E-state index >= 15 is 0 Å². The van der Waals surface area contributed by atoms with Crippen LogP contribution in [0.3, 0.4) is 0 Å². The molecule has 228 valence electrons. The molecule has 0 aliphatic rings. The largest absolute Gasteiger partial charge is 0.344 e. The van der Waals surface area contributed by atoms with E-state index in [0.717, 1.165) is 41.9 Å². The molecule has 0 saturated heterocycles. The predicted octanol–water partition coefficient (Wildman–Crippen LogP) is 10.3. The fourth-order valence-corrected chi connectivity index (χ4v) is 14.9. The maximum Gasteiger partial charge on any atom is 0.181 e. The van der Waals surface area contributed by atoms with Crippen molar-refractivity contribution in [3.63, 3.8) is 0 Å². The average Bonchev–Trinajstić information content (AvgIpc) is 2.72. The number of unbranched alkanes of at least 4 members (excludes halogenated alkanes) is 13. The predicted molar refractivity (Wildman–Crippen MR) is 177 cm³/mol. The van der Waals surface area contributed by atoms with Crippen molar-refractivity contribution in [2.24, 2.45) is 11.8 Å². The van der Waals surface area contributed by atoms with Gasteiger partial charge in [-0.05, 0) is 48.4 Å². The van der Waals surface area contributed by atoms with E-state index in [1.54, 1.807) is 0 Å². The maximum absolute atomic E-state index is 10.9. The molecule has 0 spiro atoms. The molecule has 0 aromatic carbocycles. The van der Waals surface area contributed by atoms with E-state index in [9.17, 15) is 9.79 Å². The summed E-state index contributed by atoms with van der Waals surface area (Å²) in [6.07, 6.45) is 23.3. The third-order valence-corrected chi connectivity index (χ3v) is 20.4. The van der Waals surface area contributed by atoms with Gasteiger partial charge in [0.05, 0.1) is 0 Å². The lowest BCUT2D eigenvalue weighted by atomic mass is 10.1. The quantitative estimate of drug-likeness (QED) is 0.0367. The standard InChI is InChI=1S/C28H63O2PS2.3H3N/c1-6-7-8-9-10-11-12-13-14-19-24-33(31(29,30)32,25-20-15-17-22-27(2)3)26-21-16-18-23-28(4)5;;;/h27-30,32-33H,6-26H2,1-5H3;3*1H3. The van der Waals surface area contributed by atoms with Crippen molar-refractivity contribution >= 4 is 27.1 Å². The first-order valence-corrected chi connectivity index (χ1v) is 20.5. The van der Waals surface area contributed by atoms with Crippen LogP contribution in [0.1, 0.15) is 150 Å². The van der Waals surface area contributed by atoms with Gasteiger partial charge in [0, 0.05) is 0 Å². The van der Waals surface area contributed by atoms with E-state index in [1.165, 1.54) is 103 Å². The highest BCUT2D eigenvalue weighted by Crippen LogP contribution is 2.54. The second-order valence-electron chi connectivity index (χ2n) is 11.5. The highest BCUT2D eigenvalue weighted by molar-refractivity contribution is 8.70. The summed E-state index contributed by atoms with van der Waals surface area (Å²) in [7, 11) is -1.80. The molecule has 0 atom stereocenters. The second-order valence-corrected chi connectivity index (χ2v) is 22.9. The molecule has 0 aliphatic heterocycles. The van der Waals surface area contributed by atoms with Crippen LogP contribution in [0.25, 0.3) is 0 Å². The SMILES string of the molecule is CCCCCCCCCCCC[SH](CCCCCC(C)C)(CCCCCC(C)C)=P(O)(O)S.N.N.N. The Morgan fingerprint density at radius 2 is 0.806 bits per heavy atom. The maximum atomic E-state index is 10.9. The van der Waals surface area contributed by atoms with Gasteiger partial charge < -0.3 is 28.2 Å². The molecule has 0 saturated carbocycles. The molecule has 5 nitrogen and oxygen atoms in total. The Morgan fingerprint density at radius 3 is 1.08 bits per heavy atom. The van der Waals surface area contributed by atoms with Crippen molar-refractivity contribution in [3.05, 3.63) is 0 Å². The van der Waals surface area contributed by atoms with Gasteiger partial charge >= 0.3 is 0 Å². The van der Waals surface area contributed by atoms with Crippen molar-refractivity contribution in [2.45, 2.75) is 150 Å². The van der Waals surface area contributed by atoms with Gasteiger partial charge in [0.15, 0.2) is 5.69 Å². The van der Waals surface area contributed by atoms with Gasteiger partial charge in [-0.3, -0.25) is 0 Å². The third-order valence-electron chi connectivity index (χ3n) is 7.21. The summed E-state index contributed by atoms with van der Waals surface area (Å²) in [4.78, 5) is 21.9. The Hall–Kier alpha value is 0.930. The number of rotatable bonds is 23. The van der Waals surface area contributed by atoms with Crippen LogP contribution in [0, 0.1) is 11.8 Å². The van der Waals surface area contributed by atoms with Crippen LogP contribution in [0.4, 0.5) is 0 Å². The summed E-state index contributed by atoms with van der Waals surface area (Å²) in [6.45, 7) is 11.5. The number of thiol groups is 2. The van der Waals surface area contributed by atoms with E-state index in [2.05, 4.69) is 46.9 Å². The molecule has 0 bridgehead atoms. The van der Waals surface area contributed by atoms with Crippen molar-refractivity contribution in [2.75, 3.05) is 17.3 Å². The van der Waals surface area contributed by atoms with Gasteiger partial charge in [0.2, 0.25) is 0 Å². The van der Waals surface area contributed by atoms with E-state index in [0.29, 0.717) is 0 Å². The van der Waals surface area contributed by atoms with Crippen molar-refractivity contribution in [1.82, 2.24) is 18.5 Å². The fourth-order valence-electron chi connectivity index (χ4n) is 4.90. The van der Waals surface area contributed by atoms with Crippen molar-refractivity contribution in [3.8, 4) is 0 Å². The Morgan fingerprint density at radius 1 is 0.528 bits per heavy atom. The van der Waals surface area contributed by atoms with Gasteiger partial charge in [-0.2, -0.15) is 0 Å². The zero-order chi connectivity index (χ0) is 25.0. The minimum Gasteiger partial charge on any atom is -0.344 e.